The number of rotatable bonds is 3. The molecule has 2 rings (SSSR count). The third kappa shape index (κ3) is 2.20. The number of nitrogens with one attached hydrogen (secondary N) is 1. The molecule has 0 aliphatic carbocycles. The molecule has 1 unspecified atom stereocenters. The topological polar surface area (TPSA) is 119 Å². The average Bonchev–Trinajstić information content (AvgIpc) is 2.65. The van der Waals surface area contributed by atoms with Gasteiger partial charge in [0.1, 0.15) is 18.3 Å². The van der Waals surface area contributed by atoms with Crippen LogP contribution in [0.15, 0.2) is 17.1 Å². The lowest BCUT2D eigenvalue weighted by Crippen LogP contribution is -2.41. The number of aromatic nitrogens is 2. The lowest BCUT2D eigenvalue weighted by Gasteiger charge is -2.21. The van der Waals surface area contributed by atoms with Gasteiger partial charge in [0.2, 0.25) is 0 Å². The van der Waals surface area contributed by atoms with E-state index in [1.165, 1.54) is 6.20 Å². The van der Waals surface area contributed by atoms with Gasteiger partial charge in [0.05, 0.1) is 6.61 Å². The quantitative estimate of drug-likeness (QED) is 0.460. The monoisotopic (exact) mass is 261 g/mol. The van der Waals surface area contributed by atoms with Crippen molar-refractivity contribution in [3.63, 3.8) is 0 Å². The molecule has 0 bridgehead atoms. The van der Waals surface area contributed by atoms with Crippen LogP contribution in [0.4, 0.5) is 10.3 Å². The van der Waals surface area contributed by atoms with Crippen molar-refractivity contribution in [1.82, 2.24) is 9.97 Å². The van der Waals surface area contributed by atoms with Crippen molar-refractivity contribution in [3.8, 4) is 0 Å². The van der Waals surface area contributed by atoms with E-state index in [9.17, 15) is 19.5 Å². The minimum atomic E-state index is -1.56. The fraction of sp³-hybridized carbons (Fsp3) is 0.556. The number of H-pyrrole nitrogens is 1. The van der Waals surface area contributed by atoms with E-state index in [-0.39, 0.29) is 10.9 Å². The summed E-state index contributed by atoms with van der Waals surface area (Å²) >= 11 is 0. The number of hydrogen-bond donors (Lipinski definition) is 4. The van der Waals surface area contributed by atoms with Gasteiger partial charge in [0.25, 0.3) is 0 Å². The first-order valence-electron chi connectivity index (χ1n) is 5.18. The number of ether oxygens (including phenoxy) is 1. The fourth-order valence-corrected chi connectivity index (χ4v) is 1.68. The molecule has 1 aromatic rings. The standard InChI is InChI=1S/C9H12FN3O5/c10-13(5-1-2-11-9(17)12-5)8-7(16)6(15)4(3-14)18-8/h1-2,4,6-8,14-16H,3H2,(H,11,12,17)/t4-,6-,7+,8?/m1/s1. The second-order valence-electron chi connectivity index (χ2n) is 3.79. The van der Waals surface area contributed by atoms with E-state index < -0.39 is 36.8 Å². The SMILES string of the molecule is O=c1nc(N(F)C2O[C@H](CO)[C@@H](O)[C@@H]2O)cc[nH]1. The van der Waals surface area contributed by atoms with Gasteiger partial charge in [0, 0.05) is 6.20 Å². The van der Waals surface area contributed by atoms with E-state index in [0.29, 0.717) is 0 Å². The number of halogens is 1. The number of aliphatic hydroxyl groups excluding tert-OH is 3. The van der Waals surface area contributed by atoms with Crippen molar-refractivity contribution in [2.75, 3.05) is 11.7 Å². The molecule has 4 N–H and O–H groups in total. The van der Waals surface area contributed by atoms with Crippen LogP contribution in [-0.2, 0) is 4.74 Å². The Bertz CT molecular complexity index is 470. The van der Waals surface area contributed by atoms with Gasteiger partial charge in [-0.2, -0.15) is 10.1 Å². The van der Waals surface area contributed by atoms with E-state index >= 15 is 0 Å². The van der Waals surface area contributed by atoms with Crippen molar-refractivity contribution >= 4 is 5.82 Å². The Hall–Kier alpha value is -1.55. The summed E-state index contributed by atoms with van der Waals surface area (Å²) in [6.45, 7) is -0.564. The lowest BCUT2D eigenvalue weighted by molar-refractivity contribution is -0.0361. The first kappa shape index (κ1) is 12.9. The summed E-state index contributed by atoms with van der Waals surface area (Å²) in [6, 6.07) is 1.16. The Kier molecular flexibility index (Phi) is 3.57. The smallest absolute Gasteiger partial charge is 0.346 e. The van der Waals surface area contributed by atoms with Gasteiger partial charge < -0.3 is 25.0 Å². The van der Waals surface area contributed by atoms with Gasteiger partial charge >= 0.3 is 5.69 Å². The molecule has 1 saturated heterocycles. The van der Waals surface area contributed by atoms with Crippen LogP contribution in [0, 0.1) is 0 Å². The number of anilines is 1. The zero-order valence-corrected chi connectivity index (χ0v) is 9.10. The summed E-state index contributed by atoms with van der Waals surface area (Å²) in [7, 11) is 0. The lowest BCUT2D eigenvalue weighted by atomic mass is 10.1. The van der Waals surface area contributed by atoms with Gasteiger partial charge in [-0.3, -0.25) is 0 Å². The third-order valence-corrected chi connectivity index (χ3v) is 2.61. The van der Waals surface area contributed by atoms with Crippen LogP contribution in [0.1, 0.15) is 0 Å². The van der Waals surface area contributed by atoms with Gasteiger partial charge in [0.15, 0.2) is 12.0 Å². The summed E-state index contributed by atoms with van der Waals surface area (Å²) in [5.74, 6) is -0.367. The summed E-state index contributed by atoms with van der Waals surface area (Å²) in [5, 5.41) is 27.8. The molecule has 1 fully saturated rings. The molecule has 0 radical (unpaired) electrons. The maximum atomic E-state index is 13.9. The molecule has 1 aliphatic rings. The number of hydrogen-bond acceptors (Lipinski definition) is 7. The molecule has 9 heteroatoms. The molecule has 100 valence electrons. The summed E-state index contributed by atoms with van der Waals surface area (Å²) in [5.41, 5.74) is -0.762. The molecule has 18 heavy (non-hydrogen) atoms. The molecule has 1 aromatic heterocycles. The highest BCUT2D eigenvalue weighted by Gasteiger charge is 2.46. The second kappa shape index (κ2) is 4.98. The maximum Gasteiger partial charge on any atom is 0.346 e. The molecule has 4 atom stereocenters. The molecule has 0 amide bonds. The van der Waals surface area contributed by atoms with Crippen molar-refractivity contribution in [3.05, 3.63) is 22.7 Å². The maximum absolute atomic E-state index is 13.9. The van der Waals surface area contributed by atoms with Crippen LogP contribution in [0.3, 0.4) is 0 Å². The Balaban J connectivity index is 2.19. The van der Waals surface area contributed by atoms with Gasteiger partial charge in [-0.15, -0.1) is 0 Å². The second-order valence-corrected chi connectivity index (χ2v) is 3.79. The third-order valence-electron chi connectivity index (χ3n) is 2.61. The molecule has 8 nitrogen and oxygen atoms in total. The van der Waals surface area contributed by atoms with Crippen LogP contribution in [-0.4, -0.2) is 56.4 Å². The van der Waals surface area contributed by atoms with Crippen LogP contribution < -0.4 is 10.8 Å². The van der Waals surface area contributed by atoms with Crippen molar-refractivity contribution in [2.45, 2.75) is 24.5 Å². The Labute approximate surface area is 100 Å². The van der Waals surface area contributed by atoms with Crippen molar-refractivity contribution in [1.29, 1.82) is 0 Å². The van der Waals surface area contributed by atoms with Crippen LogP contribution >= 0.6 is 0 Å². The zero-order valence-electron chi connectivity index (χ0n) is 9.10. The molecule has 0 aromatic carbocycles. The highest BCUT2D eigenvalue weighted by molar-refractivity contribution is 5.34. The van der Waals surface area contributed by atoms with Crippen LogP contribution in [0.5, 0.6) is 0 Å². The molecule has 0 spiro atoms. The van der Waals surface area contributed by atoms with Gasteiger partial charge in [-0.1, -0.05) is 4.48 Å². The first-order valence-corrected chi connectivity index (χ1v) is 5.18. The van der Waals surface area contributed by atoms with E-state index in [4.69, 9.17) is 9.84 Å². The van der Waals surface area contributed by atoms with Gasteiger partial charge in [-0.25, -0.2) is 4.79 Å². The summed E-state index contributed by atoms with van der Waals surface area (Å²) in [4.78, 5) is 16.5. The molecular formula is C9H12FN3O5. The van der Waals surface area contributed by atoms with E-state index in [1.54, 1.807) is 0 Å². The number of aliphatic hydroxyl groups is 3. The normalized spacial score (nSPS) is 31.6. The van der Waals surface area contributed by atoms with E-state index in [1.807, 2.05) is 0 Å². The average molecular weight is 261 g/mol. The molecule has 0 saturated carbocycles. The molecule has 2 heterocycles. The first-order chi connectivity index (χ1) is 8.54. The predicted molar refractivity (Wildman–Crippen MR) is 56.2 cm³/mol. The summed E-state index contributed by atoms with van der Waals surface area (Å²) < 4.78 is 18.8. The Morgan fingerprint density at radius 2 is 2.22 bits per heavy atom. The van der Waals surface area contributed by atoms with Gasteiger partial charge in [-0.05, 0) is 6.07 Å². The largest absolute Gasteiger partial charge is 0.394 e. The highest BCUT2D eigenvalue weighted by Crippen LogP contribution is 2.26. The van der Waals surface area contributed by atoms with Crippen LogP contribution in [0.25, 0.3) is 0 Å². The predicted octanol–water partition coefficient (Wildman–Crippen LogP) is -2.10. The van der Waals surface area contributed by atoms with Crippen LogP contribution in [0.2, 0.25) is 0 Å². The number of aromatic amines is 1. The van der Waals surface area contributed by atoms with E-state index in [0.717, 1.165) is 6.07 Å². The van der Waals surface area contributed by atoms with Crippen molar-refractivity contribution < 1.29 is 24.5 Å². The zero-order chi connectivity index (χ0) is 13.3. The highest BCUT2D eigenvalue weighted by atomic mass is 19.2. The van der Waals surface area contributed by atoms with E-state index in [2.05, 4.69) is 9.97 Å². The summed E-state index contributed by atoms with van der Waals surface area (Å²) in [6.07, 6.45) is -4.43. The molecular weight excluding hydrogens is 249 g/mol. The minimum absolute atomic E-state index is 0.0706. The van der Waals surface area contributed by atoms with Crippen molar-refractivity contribution in [2.24, 2.45) is 0 Å². The number of nitrogens with zero attached hydrogens (tertiary/aromatic N) is 2. The molecule has 1 aliphatic heterocycles. The minimum Gasteiger partial charge on any atom is -0.394 e. The fourth-order valence-electron chi connectivity index (χ4n) is 1.68. The Morgan fingerprint density at radius 1 is 1.50 bits per heavy atom. The Morgan fingerprint density at radius 3 is 2.78 bits per heavy atom.